The summed E-state index contributed by atoms with van der Waals surface area (Å²) < 4.78 is 5.57. The Labute approximate surface area is 234 Å². The van der Waals surface area contributed by atoms with E-state index in [1.54, 1.807) is 18.2 Å². The Morgan fingerprint density at radius 3 is 2.30 bits per heavy atom. The molecule has 3 N–H and O–H groups in total. The molecule has 6 rings (SSSR count). The highest BCUT2D eigenvalue weighted by Crippen LogP contribution is 2.60. The average Bonchev–Trinajstić information content (AvgIpc) is 3.32. The maximum Gasteiger partial charge on any atom is 0.258 e. The van der Waals surface area contributed by atoms with Crippen LogP contribution < -0.4 is 20.7 Å². The molecule has 0 spiro atoms. The van der Waals surface area contributed by atoms with Gasteiger partial charge in [-0.1, -0.05) is 68.7 Å². The Morgan fingerprint density at radius 2 is 1.65 bits per heavy atom. The van der Waals surface area contributed by atoms with Crippen LogP contribution in [0.1, 0.15) is 84.0 Å². The van der Waals surface area contributed by atoms with Crippen LogP contribution in [-0.2, 0) is 9.59 Å². The molecule has 0 aromatic heterocycles. The van der Waals surface area contributed by atoms with Crippen LogP contribution in [0.15, 0.2) is 18.2 Å². The summed E-state index contributed by atoms with van der Waals surface area (Å²) in [7, 11) is 0. The molecular weight excluding hydrogens is 529 g/mol. The quantitative estimate of drug-likeness (QED) is 0.367. The smallest absolute Gasteiger partial charge is 0.258 e. The normalized spacial score (nSPS) is 33.8. The van der Waals surface area contributed by atoms with Gasteiger partial charge in [0, 0.05) is 22.4 Å². The van der Waals surface area contributed by atoms with E-state index in [4.69, 9.17) is 27.9 Å². The van der Waals surface area contributed by atoms with Crippen LogP contribution in [0.4, 0.5) is 0 Å². The van der Waals surface area contributed by atoms with Crippen LogP contribution in [0.2, 0.25) is 10.0 Å². The van der Waals surface area contributed by atoms with E-state index in [0.29, 0.717) is 32.3 Å². The number of hydrogen-bond donors (Lipinski definition) is 3. The number of hydrogen-bond acceptors (Lipinski definition) is 5. The molecule has 37 heavy (non-hydrogen) atoms. The second-order valence-electron chi connectivity index (χ2n) is 11.6. The minimum atomic E-state index is -0.216. The summed E-state index contributed by atoms with van der Waals surface area (Å²) in [4.78, 5) is 26.0. The molecule has 204 valence electrons. The monoisotopic (exact) mass is 567 g/mol. The number of carbonyl (C=O) groups is 2. The van der Waals surface area contributed by atoms with E-state index in [2.05, 4.69) is 22.9 Å². The maximum absolute atomic E-state index is 13.5. The second-order valence-corrected chi connectivity index (χ2v) is 13.8. The summed E-state index contributed by atoms with van der Waals surface area (Å²) in [5.41, 5.74) is -0.388. The highest BCUT2D eigenvalue weighted by Gasteiger charge is 2.69. The Balaban J connectivity index is 1.11. The van der Waals surface area contributed by atoms with Crippen LogP contribution >= 0.6 is 35.0 Å². The number of rotatable bonds is 8. The Morgan fingerprint density at radius 1 is 1.00 bits per heavy atom. The zero-order chi connectivity index (χ0) is 26.0. The third-order valence-corrected chi connectivity index (χ3v) is 11.1. The summed E-state index contributed by atoms with van der Waals surface area (Å²) in [5, 5.41) is 11.7. The zero-order valence-electron chi connectivity index (χ0n) is 21.6. The first-order valence-electron chi connectivity index (χ1n) is 13.9. The number of ether oxygens (including phenoxy) is 1. The molecule has 4 saturated carbocycles. The highest BCUT2D eigenvalue weighted by atomic mass is 35.5. The van der Waals surface area contributed by atoms with Gasteiger partial charge in [0.25, 0.3) is 5.91 Å². The average molecular weight is 569 g/mol. The topological polar surface area (TPSA) is 79.5 Å². The lowest BCUT2D eigenvalue weighted by molar-refractivity contribution is -0.151. The fraction of sp³-hybridized carbons (Fsp3) is 0.714. The molecule has 4 aliphatic carbocycles. The van der Waals surface area contributed by atoms with Crippen molar-refractivity contribution in [2.45, 2.75) is 112 Å². The molecule has 1 aromatic rings. The van der Waals surface area contributed by atoms with Gasteiger partial charge < -0.3 is 15.4 Å². The van der Waals surface area contributed by atoms with Crippen molar-refractivity contribution in [1.82, 2.24) is 16.0 Å². The van der Waals surface area contributed by atoms with Crippen molar-refractivity contribution in [2.24, 2.45) is 5.92 Å². The Kier molecular flexibility index (Phi) is 8.54. The van der Waals surface area contributed by atoms with Gasteiger partial charge in [0.2, 0.25) is 5.91 Å². The van der Waals surface area contributed by atoms with E-state index in [9.17, 15) is 9.59 Å². The lowest BCUT2D eigenvalue weighted by Gasteiger charge is -2.70. The van der Waals surface area contributed by atoms with Crippen molar-refractivity contribution in [3.8, 4) is 5.75 Å². The number of benzene rings is 1. The summed E-state index contributed by atoms with van der Waals surface area (Å²) in [6, 6.07) is 4.82. The molecular formula is C28H39Cl2N3O3S. The van der Waals surface area contributed by atoms with Gasteiger partial charge in [-0.15, -0.1) is 11.8 Å². The van der Waals surface area contributed by atoms with Crippen LogP contribution in [0.25, 0.3) is 0 Å². The standard InChI is InChI=1S/C28H39Cl2N3O3S/c1-2-23-31-24(25(37-23)18-9-7-5-3-4-6-8-10-18)26(35)33-28-15-27(16-28,17-28)32-22(34)14-36-19-11-12-20(29)21(30)13-19/h11-13,18,23-25,31H,2-10,14-17H2,1H3,(H,32,34)(H,33,35). The number of halogens is 2. The molecule has 3 unspecified atom stereocenters. The summed E-state index contributed by atoms with van der Waals surface area (Å²) in [6.07, 6.45) is 13.8. The van der Waals surface area contributed by atoms with Crippen molar-refractivity contribution in [3.05, 3.63) is 28.2 Å². The third-order valence-electron chi connectivity index (χ3n) is 8.62. The van der Waals surface area contributed by atoms with Gasteiger partial charge in [0.15, 0.2) is 6.61 Å². The fourth-order valence-corrected chi connectivity index (χ4v) is 8.80. The van der Waals surface area contributed by atoms with Crippen molar-refractivity contribution in [1.29, 1.82) is 0 Å². The van der Waals surface area contributed by atoms with Crippen molar-refractivity contribution in [3.63, 3.8) is 0 Å². The molecule has 9 heteroatoms. The van der Waals surface area contributed by atoms with E-state index in [-0.39, 0.29) is 35.5 Å². The molecule has 5 fully saturated rings. The predicted octanol–water partition coefficient (Wildman–Crippen LogP) is 5.84. The van der Waals surface area contributed by atoms with Crippen molar-refractivity contribution < 1.29 is 14.3 Å². The molecule has 1 aliphatic heterocycles. The summed E-state index contributed by atoms with van der Waals surface area (Å²) in [5.74, 6) is 1.10. The SMILES string of the molecule is CCC1NC(C(=O)NC23CC(NC(=O)COc4ccc(Cl)c(Cl)c4)(C2)C3)C(C2CCCCCCCC2)S1. The van der Waals surface area contributed by atoms with Gasteiger partial charge in [0.05, 0.1) is 21.5 Å². The minimum absolute atomic E-state index is 0.0796. The Bertz CT molecular complexity index is 979. The van der Waals surface area contributed by atoms with Crippen LogP contribution in [-0.4, -0.2) is 46.2 Å². The van der Waals surface area contributed by atoms with Crippen molar-refractivity contribution in [2.75, 3.05) is 6.61 Å². The van der Waals surface area contributed by atoms with E-state index in [1.165, 1.54) is 51.4 Å². The van der Waals surface area contributed by atoms with Crippen LogP contribution in [0, 0.1) is 5.92 Å². The second kappa shape index (κ2) is 11.5. The molecule has 1 saturated heterocycles. The minimum Gasteiger partial charge on any atom is -0.484 e. The molecule has 2 amide bonds. The van der Waals surface area contributed by atoms with Gasteiger partial charge in [-0.3, -0.25) is 14.9 Å². The zero-order valence-corrected chi connectivity index (χ0v) is 24.0. The predicted molar refractivity (Wildman–Crippen MR) is 150 cm³/mol. The summed E-state index contributed by atoms with van der Waals surface area (Å²) in [6.45, 7) is 2.12. The van der Waals surface area contributed by atoms with E-state index >= 15 is 0 Å². The number of amides is 2. The first kappa shape index (κ1) is 27.4. The fourth-order valence-electron chi connectivity index (χ4n) is 6.86. The molecule has 1 aromatic carbocycles. The lowest BCUT2D eigenvalue weighted by Crippen LogP contribution is -2.84. The van der Waals surface area contributed by atoms with Crippen molar-refractivity contribution >= 4 is 46.8 Å². The molecule has 0 radical (unpaired) electrons. The highest BCUT2D eigenvalue weighted by molar-refractivity contribution is 8.00. The van der Waals surface area contributed by atoms with E-state index < -0.39 is 0 Å². The van der Waals surface area contributed by atoms with Crippen LogP contribution in [0.3, 0.4) is 0 Å². The Hall–Kier alpha value is -1.15. The van der Waals surface area contributed by atoms with E-state index in [0.717, 1.165) is 25.7 Å². The first-order valence-corrected chi connectivity index (χ1v) is 15.6. The largest absolute Gasteiger partial charge is 0.484 e. The molecule has 5 aliphatic rings. The maximum atomic E-state index is 13.5. The summed E-state index contributed by atoms with van der Waals surface area (Å²) >= 11 is 13.9. The molecule has 1 heterocycles. The number of thioether (sulfide) groups is 1. The lowest BCUT2D eigenvalue weighted by atomic mass is 9.44. The molecule has 6 nitrogen and oxygen atoms in total. The van der Waals surface area contributed by atoms with Gasteiger partial charge in [-0.05, 0) is 56.6 Å². The molecule has 2 bridgehead atoms. The van der Waals surface area contributed by atoms with Gasteiger partial charge >= 0.3 is 0 Å². The van der Waals surface area contributed by atoms with Gasteiger partial charge in [0.1, 0.15) is 5.75 Å². The van der Waals surface area contributed by atoms with E-state index in [1.807, 2.05) is 11.8 Å². The van der Waals surface area contributed by atoms with Crippen LogP contribution in [0.5, 0.6) is 5.75 Å². The van der Waals surface area contributed by atoms with Gasteiger partial charge in [-0.25, -0.2) is 0 Å². The number of nitrogens with one attached hydrogen (secondary N) is 3. The third kappa shape index (κ3) is 6.21. The van der Waals surface area contributed by atoms with Gasteiger partial charge in [-0.2, -0.15) is 0 Å². The first-order chi connectivity index (χ1) is 17.8. The number of carbonyl (C=O) groups excluding carboxylic acids is 2. The molecule has 3 atom stereocenters.